The molecular formula is C12H10ClFN2S. The first-order valence-electron chi connectivity index (χ1n) is 5.16. The summed E-state index contributed by atoms with van der Waals surface area (Å²) >= 11 is 11.1. The summed E-state index contributed by atoms with van der Waals surface area (Å²) in [6.07, 6.45) is 0.817. The summed E-state index contributed by atoms with van der Waals surface area (Å²) in [5.41, 5.74) is 1.62. The first-order valence-corrected chi connectivity index (χ1v) is 5.94. The lowest BCUT2D eigenvalue weighted by atomic mass is 10.2. The third kappa shape index (κ3) is 2.70. The number of hydrogen-bond donors (Lipinski definition) is 1. The van der Waals surface area contributed by atoms with Gasteiger partial charge in [0.1, 0.15) is 16.3 Å². The minimum atomic E-state index is -0.371. The van der Waals surface area contributed by atoms with E-state index < -0.39 is 0 Å². The highest BCUT2D eigenvalue weighted by Crippen LogP contribution is 2.25. The Balaban J connectivity index is 2.60. The van der Waals surface area contributed by atoms with Crippen molar-refractivity contribution in [3.63, 3.8) is 0 Å². The van der Waals surface area contributed by atoms with Gasteiger partial charge in [-0.15, -0.1) is 0 Å². The van der Waals surface area contributed by atoms with Gasteiger partial charge in [0, 0.05) is 11.3 Å². The smallest absolute Gasteiger partial charge is 0.140 e. The molecule has 0 amide bonds. The first-order chi connectivity index (χ1) is 8.10. The number of aryl methyl sites for hydroxylation is 1. The fourth-order valence-electron chi connectivity index (χ4n) is 1.51. The minimum Gasteiger partial charge on any atom is -0.343 e. The maximum absolute atomic E-state index is 13.0. The molecule has 0 aliphatic carbocycles. The summed E-state index contributed by atoms with van der Waals surface area (Å²) in [7, 11) is 0. The standard InChI is InChI=1S/C12H10ClFN2S/c1-2-8-6-11(17)16-12(15-8)9-4-3-7(14)5-10(9)13/h3-6H,2H2,1H3,(H,15,16,17). The molecule has 0 saturated carbocycles. The Morgan fingerprint density at radius 1 is 1.41 bits per heavy atom. The molecule has 0 fully saturated rings. The molecule has 0 saturated heterocycles. The predicted octanol–water partition coefficient (Wildman–Crippen LogP) is 4.16. The van der Waals surface area contributed by atoms with E-state index in [-0.39, 0.29) is 5.82 Å². The van der Waals surface area contributed by atoms with Crippen molar-refractivity contribution in [2.75, 3.05) is 0 Å². The van der Waals surface area contributed by atoms with Crippen molar-refractivity contribution < 1.29 is 4.39 Å². The van der Waals surface area contributed by atoms with E-state index in [1.807, 2.05) is 6.92 Å². The monoisotopic (exact) mass is 268 g/mol. The second kappa shape index (κ2) is 4.94. The molecule has 88 valence electrons. The number of hydrogen-bond acceptors (Lipinski definition) is 2. The molecule has 0 aliphatic heterocycles. The van der Waals surface area contributed by atoms with Gasteiger partial charge in [0.15, 0.2) is 0 Å². The lowest BCUT2D eigenvalue weighted by Gasteiger charge is -2.06. The van der Waals surface area contributed by atoms with E-state index >= 15 is 0 Å². The molecule has 2 nitrogen and oxygen atoms in total. The molecule has 5 heteroatoms. The largest absolute Gasteiger partial charge is 0.343 e. The quantitative estimate of drug-likeness (QED) is 0.829. The first kappa shape index (κ1) is 12.2. The molecule has 0 bridgehead atoms. The second-order valence-electron chi connectivity index (χ2n) is 3.57. The highest BCUT2D eigenvalue weighted by molar-refractivity contribution is 7.71. The highest BCUT2D eigenvalue weighted by Gasteiger charge is 2.07. The number of halogens is 2. The van der Waals surface area contributed by atoms with E-state index in [1.165, 1.54) is 12.1 Å². The molecule has 1 N–H and O–H groups in total. The summed E-state index contributed by atoms with van der Waals surface area (Å²) in [5, 5.41) is 0.316. The zero-order chi connectivity index (χ0) is 12.4. The van der Waals surface area contributed by atoms with E-state index in [2.05, 4.69) is 9.97 Å². The van der Waals surface area contributed by atoms with Crippen LogP contribution in [-0.4, -0.2) is 9.97 Å². The van der Waals surface area contributed by atoms with E-state index in [0.717, 1.165) is 12.1 Å². The number of H-pyrrole nitrogens is 1. The van der Waals surface area contributed by atoms with Crippen LogP contribution in [0.2, 0.25) is 5.02 Å². The third-order valence-corrected chi connectivity index (χ3v) is 2.89. The summed E-state index contributed by atoms with van der Waals surface area (Å²) in [5.74, 6) is 0.198. The van der Waals surface area contributed by atoms with Crippen LogP contribution in [0.4, 0.5) is 4.39 Å². The van der Waals surface area contributed by atoms with E-state index in [0.29, 0.717) is 21.1 Å². The van der Waals surface area contributed by atoms with Crippen molar-refractivity contribution >= 4 is 23.8 Å². The van der Waals surface area contributed by atoms with Gasteiger partial charge in [0.2, 0.25) is 0 Å². The van der Waals surface area contributed by atoms with E-state index in [9.17, 15) is 4.39 Å². The summed E-state index contributed by atoms with van der Waals surface area (Å²) in [6.45, 7) is 2.01. The van der Waals surface area contributed by atoms with E-state index in [1.54, 1.807) is 12.1 Å². The number of nitrogens with one attached hydrogen (secondary N) is 1. The zero-order valence-electron chi connectivity index (χ0n) is 9.13. The fraction of sp³-hybridized carbons (Fsp3) is 0.167. The maximum Gasteiger partial charge on any atom is 0.140 e. The summed E-state index contributed by atoms with van der Waals surface area (Å²) in [4.78, 5) is 7.32. The van der Waals surface area contributed by atoms with Gasteiger partial charge in [-0.25, -0.2) is 9.37 Å². The van der Waals surface area contributed by atoms with Crippen molar-refractivity contribution in [1.29, 1.82) is 0 Å². The van der Waals surface area contributed by atoms with Gasteiger partial charge in [-0.05, 0) is 30.7 Å². The molecule has 0 spiro atoms. The van der Waals surface area contributed by atoms with Crippen molar-refractivity contribution in [2.45, 2.75) is 13.3 Å². The lowest BCUT2D eigenvalue weighted by molar-refractivity contribution is 0.628. The molecule has 2 rings (SSSR count). The third-order valence-electron chi connectivity index (χ3n) is 2.37. The Hall–Kier alpha value is -1.26. The van der Waals surface area contributed by atoms with Crippen molar-refractivity contribution in [2.24, 2.45) is 0 Å². The van der Waals surface area contributed by atoms with Crippen molar-refractivity contribution in [1.82, 2.24) is 9.97 Å². The van der Waals surface area contributed by atoms with Crippen molar-refractivity contribution in [3.05, 3.63) is 45.4 Å². The van der Waals surface area contributed by atoms with Crippen LogP contribution in [0, 0.1) is 10.5 Å². The molecule has 0 unspecified atom stereocenters. The Kier molecular flexibility index (Phi) is 3.54. The molecule has 1 aromatic carbocycles. The number of nitrogens with zero attached hydrogens (tertiary/aromatic N) is 1. The Bertz CT molecular complexity index is 610. The fourth-order valence-corrected chi connectivity index (χ4v) is 2.00. The second-order valence-corrected chi connectivity index (χ2v) is 4.40. The molecule has 17 heavy (non-hydrogen) atoms. The van der Waals surface area contributed by atoms with Crippen LogP contribution in [0.1, 0.15) is 12.6 Å². The van der Waals surface area contributed by atoms with Crippen LogP contribution in [0.25, 0.3) is 11.4 Å². The average molecular weight is 269 g/mol. The van der Waals surface area contributed by atoms with Crippen molar-refractivity contribution in [3.8, 4) is 11.4 Å². The number of benzene rings is 1. The minimum absolute atomic E-state index is 0.316. The molecule has 1 aromatic heterocycles. The molecule has 0 atom stereocenters. The van der Waals surface area contributed by atoms with Crippen LogP contribution >= 0.6 is 23.8 Å². The van der Waals surface area contributed by atoms with Gasteiger partial charge in [0.25, 0.3) is 0 Å². The van der Waals surface area contributed by atoms with Crippen LogP contribution in [0.3, 0.4) is 0 Å². The van der Waals surface area contributed by atoms with Crippen LogP contribution in [0.15, 0.2) is 24.3 Å². The molecule has 1 heterocycles. The Morgan fingerprint density at radius 3 is 2.82 bits per heavy atom. The van der Waals surface area contributed by atoms with Gasteiger partial charge >= 0.3 is 0 Å². The van der Waals surface area contributed by atoms with Gasteiger partial charge in [-0.2, -0.15) is 0 Å². The lowest BCUT2D eigenvalue weighted by Crippen LogP contribution is -1.95. The molecule has 0 aliphatic rings. The average Bonchev–Trinajstić information content (AvgIpc) is 2.28. The van der Waals surface area contributed by atoms with Crippen LogP contribution in [-0.2, 0) is 6.42 Å². The highest BCUT2D eigenvalue weighted by atomic mass is 35.5. The number of aromatic amines is 1. The van der Waals surface area contributed by atoms with Crippen LogP contribution in [0.5, 0.6) is 0 Å². The van der Waals surface area contributed by atoms with Gasteiger partial charge < -0.3 is 4.98 Å². The van der Waals surface area contributed by atoms with E-state index in [4.69, 9.17) is 23.8 Å². The molecular weight excluding hydrogens is 259 g/mol. The normalized spacial score (nSPS) is 10.5. The summed E-state index contributed by atoms with van der Waals surface area (Å²) in [6, 6.07) is 5.99. The zero-order valence-corrected chi connectivity index (χ0v) is 10.7. The van der Waals surface area contributed by atoms with Gasteiger partial charge in [-0.1, -0.05) is 30.7 Å². The summed E-state index contributed by atoms with van der Waals surface area (Å²) < 4.78 is 13.4. The molecule has 2 aromatic rings. The SMILES string of the molecule is CCc1cc(=S)nc(-c2ccc(F)cc2Cl)[nH]1. The maximum atomic E-state index is 13.0. The van der Waals surface area contributed by atoms with Gasteiger partial charge in [-0.3, -0.25) is 0 Å². The Morgan fingerprint density at radius 2 is 2.18 bits per heavy atom. The Labute approximate surface area is 108 Å². The van der Waals surface area contributed by atoms with Crippen LogP contribution < -0.4 is 0 Å². The predicted molar refractivity (Wildman–Crippen MR) is 69.2 cm³/mol. The molecule has 0 radical (unpaired) electrons. The van der Waals surface area contributed by atoms with Gasteiger partial charge in [0.05, 0.1) is 5.02 Å². The number of rotatable bonds is 2. The number of aromatic nitrogens is 2. The topological polar surface area (TPSA) is 28.7 Å².